The third kappa shape index (κ3) is 4.03. The number of anilines is 2. The van der Waals surface area contributed by atoms with Crippen molar-refractivity contribution in [2.75, 3.05) is 31.8 Å². The topological polar surface area (TPSA) is 103 Å². The first-order valence-electron chi connectivity index (χ1n) is 7.70. The maximum Gasteiger partial charge on any atom is 0.341 e. The van der Waals surface area contributed by atoms with Crippen LogP contribution in [0.4, 0.5) is 10.7 Å². The zero-order valence-electron chi connectivity index (χ0n) is 14.3. The smallest absolute Gasteiger partial charge is 0.341 e. The van der Waals surface area contributed by atoms with Gasteiger partial charge >= 0.3 is 5.97 Å². The molecule has 25 heavy (non-hydrogen) atoms. The largest absolute Gasteiger partial charge is 0.495 e. The van der Waals surface area contributed by atoms with E-state index in [1.807, 2.05) is 24.3 Å². The molecule has 0 aliphatic rings. The van der Waals surface area contributed by atoms with Gasteiger partial charge in [-0.1, -0.05) is 12.1 Å². The average molecular weight is 363 g/mol. The molecule has 2 aromatic rings. The number of para-hydroxylation sites is 2. The van der Waals surface area contributed by atoms with Crippen LogP contribution in [0, 0.1) is 0 Å². The van der Waals surface area contributed by atoms with Crippen LogP contribution in [0.15, 0.2) is 24.3 Å². The molecule has 8 heteroatoms. The second-order valence-corrected chi connectivity index (χ2v) is 6.05. The number of thiophene rings is 1. The van der Waals surface area contributed by atoms with Crippen LogP contribution in [-0.2, 0) is 11.3 Å². The second-order valence-electron chi connectivity index (χ2n) is 5.00. The number of carbonyl (C=O) groups excluding carboxylic acids is 2. The summed E-state index contributed by atoms with van der Waals surface area (Å²) in [6, 6.07) is 7.37. The summed E-state index contributed by atoms with van der Waals surface area (Å²) in [6.45, 7) is 2.17. The lowest BCUT2D eigenvalue weighted by Gasteiger charge is -2.12. The number of rotatable bonds is 7. The summed E-state index contributed by atoms with van der Waals surface area (Å²) in [4.78, 5) is 24.8. The highest BCUT2D eigenvalue weighted by Gasteiger charge is 2.26. The number of esters is 1. The number of hydrogen-bond donors (Lipinski definition) is 3. The Bertz CT molecular complexity index is 773. The highest BCUT2D eigenvalue weighted by molar-refractivity contribution is 7.18. The number of benzene rings is 1. The van der Waals surface area contributed by atoms with Gasteiger partial charge in [0.05, 0.1) is 29.8 Å². The van der Waals surface area contributed by atoms with Crippen molar-refractivity contribution >= 4 is 33.9 Å². The summed E-state index contributed by atoms with van der Waals surface area (Å²) >= 11 is 1.07. The lowest BCUT2D eigenvalue weighted by atomic mass is 10.1. The maximum atomic E-state index is 12.3. The van der Waals surface area contributed by atoms with E-state index < -0.39 is 5.97 Å². The summed E-state index contributed by atoms with van der Waals surface area (Å²) < 4.78 is 10.4. The van der Waals surface area contributed by atoms with Gasteiger partial charge < -0.3 is 25.8 Å². The number of methoxy groups -OCH3 is 1. The molecule has 0 unspecified atom stereocenters. The lowest BCUT2D eigenvalue weighted by molar-refractivity contribution is 0.0527. The number of carbonyl (C=O) groups is 2. The highest BCUT2D eigenvalue weighted by atomic mass is 32.1. The monoisotopic (exact) mass is 363 g/mol. The lowest BCUT2D eigenvalue weighted by Crippen LogP contribution is -2.20. The van der Waals surface area contributed by atoms with Crippen LogP contribution in [0.2, 0.25) is 0 Å². The molecule has 0 aliphatic heterocycles. The second kappa shape index (κ2) is 8.39. The van der Waals surface area contributed by atoms with E-state index >= 15 is 0 Å². The number of hydrogen-bond acceptors (Lipinski definition) is 7. The van der Waals surface area contributed by atoms with Gasteiger partial charge in [-0.05, 0) is 19.1 Å². The van der Waals surface area contributed by atoms with Gasteiger partial charge in [-0.3, -0.25) is 4.79 Å². The first kappa shape index (κ1) is 18.6. The van der Waals surface area contributed by atoms with Crippen molar-refractivity contribution in [3.05, 3.63) is 40.3 Å². The fourth-order valence-electron chi connectivity index (χ4n) is 2.35. The predicted molar refractivity (Wildman–Crippen MR) is 98.4 cm³/mol. The Morgan fingerprint density at radius 1 is 1.28 bits per heavy atom. The number of nitrogens with one attached hydrogen (secondary N) is 2. The molecule has 1 heterocycles. The summed E-state index contributed by atoms with van der Waals surface area (Å²) in [5, 5.41) is 6.01. The molecule has 0 aliphatic carbocycles. The number of amides is 1. The van der Waals surface area contributed by atoms with Crippen molar-refractivity contribution in [3.8, 4) is 5.75 Å². The van der Waals surface area contributed by atoms with Crippen LogP contribution in [0.5, 0.6) is 5.75 Å². The zero-order valence-corrected chi connectivity index (χ0v) is 15.2. The van der Waals surface area contributed by atoms with Gasteiger partial charge in [0.1, 0.15) is 10.8 Å². The Morgan fingerprint density at radius 2 is 2.00 bits per heavy atom. The molecule has 0 bridgehead atoms. The van der Waals surface area contributed by atoms with Crippen molar-refractivity contribution in [2.45, 2.75) is 13.5 Å². The highest BCUT2D eigenvalue weighted by Crippen LogP contribution is 2.33. The van der Waals surface area contributed by atoms with Crippen molar-refractivity contribution in [2.24, 2.45) is 0 Å². The van der Waals surface area contributed by atoms with Gasteiger partial charge in [0, 0.05) is 19.2 Å². The molecule has 1 aromatic heterocycles. The minimum atomic E-state index is -0.539. The molecule has 0 saturated heterocycles. The van der Waals surface area contributed by atoms with E-state index in [4.69, 9.17) is 15.2 Å². The van der Waals surface area contributed by atoms with Gasteiger partial charge in [0.25, 0.3) is 5.91 Å². The van der Waals surface area contributed by atoms with Crippen molar-refractivity contribution in [1.29, 1.82) is 0 Å². The van der Waals surface area contributed by atoms with E-state index in [-0.39, 0.29) is 29.6 Å². The average Bonchev–Trinajstić information content (AvgIpc) is 2.96. The van der Waals surface area contributed by atoms with E-state index in [1.54, 1.807) is 14.0 Å². The Morgan fingerprint density at radius 3 is 2.64 bits per heavy atom. The van der Waals surface area contributed by atoms with Crippen LogP contribution in [0.1, 0.15) is 32.5 Å². The van der Waals surface area contributed by atoms with Gasteiger partial charge in [0.2, 0.25) is 0 Å². The Kier molecular flexibility index (Phi) is 6.24. The molecule has 2 rings (SSSR count). The minimum Gasteiger partial charge on any atom is -0.495 e. The van der Waals surface area contributed by atoms with Crippen LogP contribution < -0.4 is 21.1 Å². The van der Waals surface area contributed by atoms with Crippen LogP contribution >= 0.6 is 11.3 Å². The third-order valence-corrected chi connectivity index (χ3v) is 4.57. The van der Waals surface area contributed by atoms with Gasteiger partial charge in [0.15, 0.2) is 0 Å². The quantitative estimate of drug-likeness (QED) is 0.653. The minimum absolute atomic E-state index is 0.225. The SMILES string of the molecule is CCOC(=O)c1c(N)sc(C(=O)NC)c1CNc1ccccc1OC. The van der Waals surface area contributed by atoms with Crippen LogP contribution in [0.25, 0.3) is 0 Å². The molecule has 0 spiro atoms. The van der Waals surface area contributed by atoms with Gasteiger partial charge in [-0.25, -0.2) is 4.79 Å². The molecular weight excluding hydrogens is 342 g/mol. The predicted octanol–water partition coefficient (Wildman–Crippen LogP) is 2.49. The molecule has 4 N–H and O–H groups in total. The standard InChI is InChI=1S/C17H21N3O4S/c1-4-24-17(22)13-10(14(16(21)19-2)25-15(13)18)9-20-11-7-5-6-8-12(11)23-3/h5-8,20H,4,9,18H2,1-3H3,(H,19,21). The van der Waals surface area contributed by atoms with E-state index in [1.165, 1.54) is 7.05 Å². The van der Waals surface area contributed by atoms with Crippen LogP contribution in [-0.4, -0.2) is 32.6 Å². The molecule has 0 saturated carbocycles. The molecule has 1 amide bonds. The van der Waals surface area contributed by atoms with E-state index in [2.05, 4.69) is 10.6 Å². The Labute approximate surface area is 150 Å². The zero-order chi connectivity index (χ0) is 18.4. The molecule has 1 aromatic carbocycles. The van der Waals surface area contributed by atoms with Crippen molar-refractivity contribution in [3.63, 3.8) is 0 Å². The maximum absolute atomic E-state index is 12.3. The molecule has 7 nitrogen and oxygen atoms in total. The molecule has 0 fully saturated rings. The fourth-order valence-corrected chi connectivity index (χ4v) is 3.37. The summed E-state index contributed by atoms with van der Waals surface area (Å²) in [5.74, 6) is -0.183. The normalized spacial score (nSPS) is 10.2. The van der Waals surface area contributed by atoms with E-state index in [0.717, 1.165) is 17.0 Å². The molecule has 0 radical (unpaired) electrons. The summed E-state index contributed by atoms with van der Waals surface area (Å²) in [6.07, 6.45) is 0. The van der Waals surface area contributed by atoms with Gasteiger partial charge in [-0.15, -0.1) is 11.3 Å². The van der Waals surface area contributed by atoms with Crippen LogP contribution in [0.3, 0.4) is 0 Å². The Hall–Kier alpha value is -2.74. The summed E-state index contributed by atoms with van der Waals surface area (Å²) in [7, 11) is 3.10. The third-order valence-electron chi connectivity index (χ3n) is 3.51. The molecular formula is C17H21N3O4S. The molecule has 134 valence electrons. The van der Waals surface area contributed by atoms with Gasteiger partial charge in [-0.2, -0.15) is 0 Å². The fraction of sp³-hybridized carbons (Fsp3) is 0.294. The number of nitrogen functional groups attached to an aromatic ring is 1. The van der Waals surface area contributed by atoms with Crippen molar-refractivity contribution < 1.29 is 19.1 Å². The molecule has 0 atom stereocenters. The van der Waals surface area contributed by atoms with Crippen molar-refractivity contribution in [1.82, 2.24) is 5.32 Å². The van der Waals surface area contributed by atoms with E-state index in [0.29, 0.717) is 16.2 Å². The van der Waals surface area contributed by atoms with E-state index in [9.17, 15) is 9.59 Å². The first-order chi connectivity index (χ1) is 12.0. The number of ether oxygens (including phenoxy) is 2. The first-order valence-corrected chi connectivity index (χ1v) is 8.52. The summed E-state index contributed by atoms with van der Waals surface area (Å²) in [5.41, 5.74) is 7.45. The Balaban J connectivity index is 2.39. The number of nitrogens with two attached hydrogens (primary N) is 1.